The zero-order valence-electron chi connectivity index (χ0n) is 13.9. The maximum atomic E-state index is 5.49. The van der Waals surface area contributed by atoms with Gasteiger partial charge in [0.25, 0.3) is 0 Å². The fraction of sp³-hybridized carbons (Fsp3) is 0.667. The van der Waals surface area contributed by atoms with E-state index < -0.39 is 0 Å². The average molecular weight is 291 g/mol. The molecule has 3 heteroatoms. The van der Waals surface area contributed by atoms with E-state index in [0.29, 0.717) is 5.41 Å². The molecule has 1 aromatic carbocycles. The van der Waals surface area contributed by atoms with Gasteiger partial charge < -0.3 is 14.8 Å². The van der Waals surface area contributed by atoms with Gasteiger partial charge in [-0.05, 0) is 49.8 Å². The second-order valence-electron chi connectivity index (χ2n) is 6.27. The number of methoxy groups -OCH3 is 2. The smallest absolute Gasteiger partial charge is 0.123 e. The molecule has 0 aromatic heterocycles. The van der Waals surface area contributed by atoms with Crippen LogP contribution in [0, 0.1) is 5.41 Å². The van der Waals surface area contributed by atoms with Crippen LogP contribution in [-0.2, 0) is 0 Å². The Hall–Kier alpha value is -1.22. The summed E-state index contributed by atoms with van der Waals surface area (Å²) in [5, 5.41) is 3.72. The third kappa shape index (κ3) is 3.70. The molecule has 1 saturated carbocycles. The van der Waals surface area contributed by atoms with Gasteiger partial charge >= 0.3 is 0 Å². The maximum Gasteiger partial charge on any atom is 0.123 e. The van der Waals surface area contributed by atoms with Crippen LogP contribution < -0.4 is 14.8 Å². The second-order valence-corrected chi connectivity index (χ2v) is 6.27. The van der Waals surface area contributed by atoms with E-state index in [1.54, 1.807) is 14.2 Å². The summed E-state index contributed by atoms with van der Waals surface area (Å²) >= 11 is 0. The van der Waals surface area contributed by atoms with Crippen LogP contribution in [0.1, 0.15) is 57.6 Å². The number of ether oxygens (including phenoxy) is 2. The van der Waals surface area contributed by atoms with Crippen molar-refractivity contribution < 1.29 is 9.47 Å². The van der Waals surface area contributed by atoms with E-state index >= 15 is 0 Å². The first-order chi connectivity index (χ1) is 10.1. The Morgan fingerprint density at radius 1 is 1.19 bits per heavy atom. The first-order valence-electron chi connectivity index (χ1n) is 8.09. The Bertz CT molecular complexity index is 453. The summed E-state index contributed by atoms with van der Waals surface area (Å²) < 4.78 is 10.8. The van der Waals surface area contributed by atoms with E-state index in [1.165, 1.54) is 37.7 Å². The van der Waals surface area contributed by atoms with Crippen molar-refractivity contribution in [2.24, 2.45) is 5.41 Å². The van der Waals surface area contributed by atoms with Crippen LogP contribution in [0.25, 0.3) is 0 Å². The lowest BCUT2D eigenvalue weighted by atomic mass is 9.83. The number of rotatable bonds is 7. The monoisotopic (exact) mass is 291 g/mol. The third-order valence-electron chi connectivity index (χ3n) is 5.10. The summed E-state index contributed by atoms with van der Waals surface area (Å²) in [6.07, 6.45) is 6.75. The molecule has 1 aliphatic carbocycles. The Balaban J connectivity index is 2.07. The molecule has 1 N–H and O–H groups in total. The molecule has 0 radical (unpaired) electrons. The lowest BCUT2D eigenvalue weighted by Gasteiger charge is -2.30. The second kappa shape index (κ2) is 7.17. The number of benzene rings is 1. The zero-order chi connectivity index (χ0) is 15.3. The molecule has 1 aliphatic rings. The summed E-state index contributed by atoms with van der Waals surface area (Å²) in [6.45, 7) is 5.62. The van der Waals surface area contributed by atoms with Crippen molar-refractivity contribution in [3.8, 4) is 11.5 Å². The van der Waals surface area contributed by atoms with Crippen LogP contribution in [0.5, 0.6) is 11.5 Å². The molecule has 0 spiro atoms. The zero-order valence-corrected chi connectivity index (χ0v) is 13.9. The first kappa shape index (κ1) is 16.2. The van der Waals surface area contributed by atoms with Crippen molar-refractivity contribution in [1.82, 2.24) is 5.32 Å². The number of hydrogen-bond acceptors (Lipinski definition) is 3. The molecular weight excluding hydrogens is 262 g/mol. The van der Waals surface area contributed by atoms with E-state index in [9.17, 15) is 0 Å². The minimum Gasteiger partial charge on any atom is -0.497 e. The molecule has 1 unspecified atom stereocenters. The van der Waals surface area contributed by atoms with Crippen molar-refractivity contribution in [1.29, 1.82) is 0 Å². The Labute approximate surface area is 129 Å². The van der Waals surface area contributed by atoms with E-state index in [2.05, 4.69) is 25.2 Å². The third-order valence-corrected chi connectivity index (χ3v) is 5.10. The van der Waals surface area contributed by atoms with Gasteiger partial charge in [-0.1, -0.05) is 19.8 Å². The summed E-state index contributed by atoms with van der Waals surface area (Å²) in [5.41, 5.74) is 1.67. The molecule has 0 saturated heterocycles. The van der Waals surface area contributed by atoms with Crippen molar-refractivity contribution in [3.63, 3.8) is 0 Å². The summed E-state index contributed by atoms with van der Waals surface area (Å²) in [5.74, 6) is 1.80. The number of hydrogen-bond donors (Lipinski definition) is 1. The van der Waals surface area contributed by atoms with Crippen LogP contribution in [0.2, 0.25) is 0 Å². The molecule has 1 fully saturated rings. The van der Waals surface area contributed by atoms with Gasteiger partial charge in [-0.15, -0.1) is 0 Å². The first-order valence-corrected chi connectivity index (χ1v) is 8.09. The van der Waals surface area contributed by atoms with Gasteiger partial charge in [0.05, 0.1) is 14.2 Å². The van der Waals surface area contributed by atoms with E-state index in [0.717, 1.165) is 18.0 Å². The molecule has 0 amide bonds. The van der Waals surface area contributed by atoms with Crippen molar-refractivity contribution in [3.05, 3.63) is 23.8 Å². The average Bonchev–Trinajstić information content (AvgIpc) is 3.01. The van der Waals surface area contributed by atoms with E-state index in [-0.39, 0.29) is 6.04 Å². The SMILES string of the molecule is CCC1(CNC(C)c2cc(OC)ccc2OC)CCCC1. The minimum absolute atomic E-state index is 0.263. The van der Waals surface area contributed by atoms with Crippen LogP contribution in [-0.4, -0.2) is 20.8 Å². The Morgan fingerprint density at radius 3 is 2.48 bits per heavy atom. The van der Waals surface area contributed by atoms with Gasteiger partial charge in [-0.25, -0.2) is 0 Å². The van der Waals surface area contributed by atoms with Crippen molar-refractivity contribution in [2.75, 3.05) is 20.8 Å². The highest BCUT2D eigenvalue weighted by Crippen LogP contribution is 2.41. The van der Waals surface area contributed by atoms with Gasteiger partial charge in [-0.2, -0.15) is 0 Å². The minimum atomic E-state index is 0.263. The fourth-order valence-corrected chi connectivity index (χ4v) is 3.44. The molecule has 1 aromatic rings. The fourth-order valence-electron chi connectivity index (χ4n) is 3.44. The molecule has 2 rings (SSSR count). The normalized spacial score (nSPS) is 18.5. The van der Waals surface area contributed by atoms with Crippen LogP contribution in [0.3, 0.4) is 0 Å². The molecule has 0 heterocycles. The van der Waals surface area contributed by atoms with Crippen molar-refractivity contribution >= 4 is 0 Å². The summed E-state index contributed by atoms with van der Waals surface area (Å²) in [7, 11) is 3.43. The number of nitrogens with one attached hydrogen (secondary N) is 1. The molecular formula is C18H29NO2. The van der Waals surface area contributed by atoms with Crippen LogP contribution in [0.4, 0.5) is 0 Å². The largest absolute Gasteiger partial charge is 0.497 e. The van der Waals surface area contributed by atoms with Gasteiger partial charge in [0, 0.05) is 18.2 Å². The molecule has 21 heavy (non-hydrogen) atoms. The highest BCUT2D eigenvalue weighted by atomic mass is 16.5. The Kier molecular flexibility index (Phi) is 5.51. The highest BCUT2D eigenvalue weighted by molar-refractivity contribution is 5.42. The standard InChI is InChI=1S/C18H29NO2/c1-5-18(10-6-7-11-18)13-19-14(2)16-12-15(20-3)8-9-17(16)21-4/h8-9,12,14,19H,5-7,10-11,13H2,1-4H3. The molecule has 0 bridgehead atoms. The molecule has 0 aliphatic heterocycles. The summed E-state index contributed by atoms with van der Waals surface area (Å²) in [4.78, 5) is 0. The van der Waals surface area contributed by atoms with Gasteiger partial charge in [0.15, 0.2) is 0 Å². The van der Waals surface area contributed by atoms with Gasteiger partial charge in [0.2, 0.25) is 0 Å². The van der Waals surface area contributed by atoms with E-state index in [1.807, 2.05) is 12.1 Å². The Morgan fingerprint density at radius 2 is 1.90 bits per heavy atom. The van der Waals surface area contributed by atoms with E-state index in [4.69, 9.17) is 9.47 Å². The predicted octanol–water partition coefficient (Wildman–Crippen LogP) is 4.32. The molecule has 118 valence electrons. The highest BCUT2D eigenvalue weighted by Gasteiger charge is 2.32. The van der Waals surface area contributed by atoms with Crippen molar-refractivity contribution in [2.45, 2.75) is 52.0 Å². The molecule has 3 nitrogen and oxygen atoms in total. The predicted molar refractivity (Wildman–Crippen MR) is 87.2 cm³/mol. The lowest BCUT2D eigenvalue weighted by molar-refractivity contribution is 0.257. The lowest BCUT2D eigenvalue weighted by Crippen LogP contribution is -2.33. The maximum absolute atomic E-state index is 5.49. The van der Waals surface area contributed by atoms with Crippen LogP contribution in [0.15, 0.2) is 18.2 Å². The summed E-state index contributed by atoms with van der Waals surface area (Å²) in [6, 6.07) is 6.26. The van der Waals surface area contributed by atoms with Gasteiger partial charge in [0.1, 0.15) is 11.5 Å². The van der Waals surface area contributed by atoms with Gasteiger partial charge in [-0.3, -0.25) is 0 Å². The van der Waals surface area contributed by atoms with Crippen LogP contribution >= 0.6 is 0 Å². The topological polar surface area (TPSA) is 30.5 Å². The molecule has 1 atom stereocenters. The quantitative estimate of drug-likeness (QED) is 0.811.